The minimum atomic E-state index is -2.80. The van der Waals surface area contributed by atoms with Crippen LogP contribution < -0.4 is 0 Å². The van der Waals surface area contributed by atoms with E-state index in [1.54, 1.807) is 6.07 Å². The lowest BCUT2D eigenvalue weighted by molar-refractivity contribution is -0.0302. The zero-order valence-electron chi connectivity index (χ0n) is 5.12. The van der Waals surface area contributed by atoms with Gasteiger partial charge in [0.1, 0.15) is 5.41 Å². The van der Waals surface area contributed by atoms with Crippen molar-refractivity contribution < 1.29 is 8.78 Å². The number of rotatable bonds is 1. The fourth-order valence-electron chi connectivity index (χ4n) is 0.774. The Balaban J connectivity index is 2.75. The van der Waals surface area contributed by atoms with E-state index < -0.39 is 11.3 Å². The molecule has 0 aromatic rings. The Labute approximate surface area is 52.3 Å². The van der Waals surface area contributed by atoms with Crippen LogP contribution in [0.2, 0.25) is 0 Å². The molecular weight excluding hydrogens is 124 g/mol. The molecule has 1 aliphatic carbocycles. The van der Waals surface area contributed by atoms with Gasteiger partial charge in [-0.25, -0.2) is 8.78 Å². The van der Waals surface area contributed by atoms with Gasteiger partial charge in [0, 0.05) is 6.92 Å². The second-order valence-corrected chi connectivity index (χ2v) is 2.58. The predicted octanol–water partition coefficient (Wildman–Crippen LogP) is 1.95. The number of nitrogens with zero attached hydrogens (tertiary/aromatic N) is 1. The number of hydrogen-bond donors (Lipinski definition) is 0. The molecule has 0 N–H and O–H groups in total. The van der Waals surface area contributed by atoms with Crippen molar-refractivity contribution in [2.24, 2.45) is 5.41 Å². The van der Waals surface area contributed by atoms with Crippen molar-refractivity contribution in [3.63, 3.8) is 0 Å². The van der Waals surface area contributed by atoms with E-state index in [0.29, 0.717) is 12.8 Å². The number of hydrogen-bond acceptors (Lipinski definition) is 1. The largest absolute Gasteiger partial charge is 0.263 e. The van der Waals surface area contributed by atoms with E-state index in [0.717, 1.165) is 6.92 Å². The molecule has 1 fully saturated rings. The van der Waals surface area contributed by atoms with Gasteiger partial charge < -0.3 is 0 Å². The van der Waals surface area contributed by atoms with Crippen molar-refractivity contribution in [2.75, 3.05) is 0 Å². The molecule has 3 heteroatoms. The smallest absolute Gasteiger partial charge is 0.205 e. The molecule has 0 saturated heterocycles. The highest BCUT2D eigenvalue weighted by Gasteiger charge is 2.59. The summed E-state index contributed by atoms with van der Waals surface area (Å²) in [7, 11) is 0. The molecule has 50 valence electrons. The van der Waals surface area contributed by atoms with Crippen molar-refractivity contribution in [2.45, 2.75) is 25.7 Å². The summed E-state index contributed by atoms with van der Waals surface area (Å²) in [5, 5.41) is 8.26. The Bertz CT molecular complexity index is 159. The Morgan fingerprint density at radius 1 is 1.56 bits per heavy atom. The molecule has 0 aromatic heterocycles. The molecule has 1 saturated carbocycles. The third-order valence-electron chi connectivity index (χ3n) is 1.80. The Morgan fingerprint density at radius 3 is 2.00 bits per heavy atom. The van der Waals surface area contributed by atoms with Gasteiger partial charge in [0.05, 0.1) is 6.07 Å². The van der Waals surface area contributed by atoms with Crippen LogP contribution in [0.25, 0.3) is 0 Å². The third kappa shape index (κ3) is 0.787. The SMILES string of the molecule is CC(F)(F)C1(C#N)CC1. The van der Waals surface area contributed by atoms with E-state index >= 15 is 0 Å². The fraction of sp³-hybridized carbons (Fsp3) is 0.833. The minimum Gasteiger partial charge on any atom is -0.205 e. The quantitative estimate of drug-likeness (QED) is 0.533. The van der Waals surface area contributed by atoms with Crippen LogP contribution in [-0.2, 0) is 0 Å². The normalized spacial score (nSPS) is 22.9. The van der Waals surface area contributed by atoms with Crippen molar-refractivity contribution in [3.8, 4) is 6.07 Å². The first-order chi connectivity index (χ1) is 4.02. The molecule has 0 radical (unpaired) electrons. The molecule has 0 aliphatic heterocycles. The van der Waals surface area contributed by atoms with Gasteiger partial charge in [0.15, 0.2) is 0 Å². The number of halogens is 2. The molecule has 1 rings (SSSR count). The van der Waals surface area contributed by atoms with Crippen molar-refractivity contribution in [3.05, 3.63) is 0 Å². The summed E-state index contributed by atoms with van der Waals surface area (Å²) >= 11 is 0. The number of nitriles is 1. The highest BCUT2D eigenvalue weighted by atomic mass is 19.3. The van der Waals surface area contributed by atoms with Gasteiger partial charge in [-0.2, -0.15) is 5.26 Å². The molecule has 1 nitrogen and oxygen atoms in total. The lowest BCUT2D eigenvalue weighted by atomic mass is 10.0. The molecule has 0 heterocycles. The van der Waals surface area contributed by atoms with Crippen LogP contribution in [0.15, 0.2) is 0 Å². The van der Waals surface area contributed by atoms with E-state index in [9.17, 15) is 8.78 Å². The van der Waals surface area contributed by atoms with E-state index in [4.69, 9.17) is 5.26 Å². The van der Waals surface area contributed by atoms with Gasteiger partial charge in [-0.1, -0.05) is 0 Å². The maximum Gasteiger partial charge on any atom is 0.263 e. The van der Waals surface area contributed by atoms with Crippen LogP contribution in [-0.4, -0.2) is 5.92 Å². The van der Waals surface area contributed by atoms with E-state index in [1.807, 2.05) is 0 Å². The average Bonchev–Trinajstić information content (AvgIpc) is 2.40. The minimum absolute atomic E-state index is 0.354. The molecule has 0 unspecified atom stereocenters. The first-order valence-corrected chi connectivity index (χ1v) is 2.81. The molecule has 0 bridgehead atoms. The van der Waals surface area contributed by atoms with Gasteiger partial charge in [-0.15, -0.1) is 0 Å². The maximum absolute atomic E-state index is 12.3. The summed E-state index contributed by atoms with van der Waals surface area (Å²) in [6, 6.07) is 1.64. The summed E-state index contributed by atoms with van der Waals surface area (Å²) in [6.45, 7) is 0.809. The summed E-state index contributed by atoms with van der Waals surface area (Å²) in [6.07, 6.45) is 0.708. The molecular formula is C6H7F2N. The van der Waals surface area contributed by atoms with Crippen LogP contribution >= 0.6 is 0 Å². The Hall–Kier alpha value is -0.650. The van der Waals surface area contributed by atoms with Gasteiger partial charge in [-0.05, 0) is 12.8 Å². The van der Waals surface area contributed by atoms with Crippen molar-refractivity contribution in [1.82, 2.24) is 0 Å². The summed E-state index contributed by atoms with van der Waals surface area (Å²) < 4.78 is 24.7. The molecule has 0 spiro atoms. The fourth-order valence-corrected chi connectivity index (χ4v) is 0.774. The molecule has 0 amide bonds. The van der Waals surface area contributed by atoms with E-state index in [-0.39, 0.29) is 0 Å². The topological polar surface area (TPSA) is 23.8 Å². The second-order valence-electron chi connectivity index (χ2n) is 2.58. The van der Waals surface area contributed by atoms with Crippen molar-refractivity contribution in [1.29, 1.82) is 5.26 Å². The van der Waals surface area contributed by atoms with Gasteiger partial charge in [0.2, 0.25) is 0 Å². The first-order valence-electron chi connectivity index (χ1n) is 2.81. The molecule has 9 heavy (non-hydrogen) atoms. The predicted molar refractivity (Wildman–Crippen MR) is 27.9 cm³/mol. The molecule has 0 atom stereocenters. The second kappa shape index (κ2) is 1.44. The zero-order chi connectivity index (χ0) is 7.12. The average molecular weight is 131 g/mol. The number of alkyl halides is 2. The van der Waals surface area contributed by atoms with Gasteiger partial charge in [-0.3, -0.25) is 0 Å². The van der Waals surface area contributed by atoms with Crippen LogP contribution in [0.1, 0.15) is 19.8 Å². The van der Waals surface area contributed by atoms with Crippen molar-refractivity contribution >= 4 is 0 Å². The highest BCUT2D eigenvalue weighted by molar-refractivity contribution is 5.15. The summed E-state index contributed by atoms with van der Waals surface area (Å²) in [5.74, 6) is -2.80. The lowest BCUT2D eigenvalue weighted by Gasteiger charge is -2.13. The van der Waals surface area contributed by atoms with Crippen LogP contribution in [0, 0.1) is 16.7 Å². The van der Waals surface area contributed by atoms with E-state index in [2.05, 4.69) is 0 Å². The third-order valence-corrected chi connectivity index (χ3v) is 1.80. The molecule has 1 aliphatic rings. The Kier molecular flexibility index (Phi) is 1.03. The standard InChI is InChI=1S/C6H7F2N/c1-5(7,8)6(4-9)2-3-6/h2-3H2,1H3. The first kappa shape index (κ1) is 6.47. The van der Waals surface area contributed by atoms with Crippen LogP contribution in [0.3, 0.4) is 0 Å². The highest BCUT2D eigenvalue weighted by Crippen LogP contribution is 2.55. The van der Waals surface area contributed by atoms with Crippen LogP contribution in [0.4, 0.5) is 8.78 Å². The van der Waals surface area contributed by atoms with Gasteiger partial charge >= 0.3 is 0 Å². The summed E-state index contributed by atoms with van der Waals surface area (Å²) in [5.41, 5.74) is -1.30. The monoisotopic (exact) mass is 131 g/mol. The maximum atomic E-state index is 12.3. The van der Waals surface area contributed by atoms with E-state index in [1.165, 1.54) is 0 Å². The lowest BCUT2D eigenvalue weighted by Crippen LogP contribution is -2.23. The molecule has 0 aromatic carbocycles. The summed E-state index contributed by atoms with van der Waals surface area (Å²) in [4.78, 5) is 0. The van der Waals surface area contributed by atoms with Gasteiger partial charge in [0.25, 0.3) is 5.92 Å². The zero-order valence-corrected chi connectivity index (χ0v) is 5.12. The Morgan fingerprint density at radius 2 is 2.00 bits per heavy atom. The van der Waals surface area contributed by atoms with Crippen LogP contribution in [0.5, 0.6) is 0 Å².